The lowest BCUT2D eigenvalue weighted by Crippen LogP contribution is -2.64. The van der Waals surface area contributed by atoms with Crippen molar-refractivity contribution in [1.29, 1.82) is 10.8 Å². The van der Waals surface area contributed by atoms with E-state index in [2.05, 4.69) is 4.99 Å². The van der Waals surface area contributed by atoms with Crippen molar-refractivity contribution in [3.05, 3.63) is 24.3 Å². The summed E-state index contributed by atoms with van der Waals surface area (Å²) in [6.07, 6.45) is 0.503. The van der Waals surface area contributed by atoms with Crippen molar-refractivity contribution in [2.24, 2.45) is 16.5 Å². The molecular formula is C21H32ClN7O4. The number of amidine groups is 1. The molecule has 0 saturated carbocycles. The van der Waals surface area contributed by atoms with E-state index >= 15 is 0 Å². The van der Waals surface area contributed by atoms with Gasteiger partial charge in [-0.1, -0.05) is 24.9 Å². The maximum Gasteiger partial charge on any atom is 0.266 e. The van der Waals surface area contributed by atoms with E-state index in [-0.39, 0.29) is 17.5 Å². The number of rotatable bonds is 12. The lowest BCUT2D eigenvalue weighted by molar-refractivity contribution is -0.112. The zero-order valence-corrected chi connectivity index (χ0v) is 19.7. The Labute approximate surface area is 198 Å². The highest BCUT2D eigenvalue weighted by Gasteiger charge is 2.38. The first-order valence-corrected chi connectivity index (χ1v) is 11.1. The highest BCUT2D eigenvalue weighted by Crippen LogP contribution is 2.24. The second kappa shape index (κ2) is 13.1. The smallest absolute Gasteiger partial charge is 0.266 e. The van der Waals surface area contributed by atoms with Gasteiger partial charge < -0.3 is 30.6 Å². The number of ether oxygens (including phenoxy) is 3. The first-order chi connectivity index (χ1) is 15.8. The number of halogens is 1. The topological polar surface area (TPSA) is 163 Å². The summed E-state index contributed by atoms with van der Waals surface area (Å²) in [5.41, 5.74) is 10.9. The average molecular weight is 482 g/mol. The first-order valence-electron chi connectivity index (χ1n) is 10.6. The molecule has 182 valence electrons. The quantitative estimate of drug-likeness (QED) is 0.115. The number of alkyl halides is 1. The number of methoxy groups -OCH3 is 1. The van der Waals surface area contributed by atoms with E-state index in [1.54, 1.807) is 24.1 Å². The maximum atomic E-state index is 11.7. The van der Waals surface area contributed by atoms with Gasteiger partial charge in [-0.2, -0.15) is 0 Å². The van der Waals surface area contributed by atoms with Gasteiger partial charge in [-0.15, -0.1) is 0 Å². The Morgan fingerprint density at radius 2 is 1.91 bits per heavy atom. The highest BCUT2D eigenvalue weighted by atomic mass is 35.5. The van der Waals surface area contributed by atoms with Crippen LogP contribution < -0.4 is 21.1 Å². The summed E-state index contributed by atoms with van der Waals surface area (Å²) >= 11 is 6.11. The Kier molecular flexibility index (Phi) is 10.5. The number of hydrogen-bond acceptors (Lipinski definition) is 8. The molecule has 0 spiro atoms. The van der Waals surface area contributed by atoms with Crippen LogP contribution >= 0.6 is 11.6 Å². The monoisotopic (exact) mass is 481 g/mol. The van der Waals surface area contributed by atoms with Gasteiger partial charge in [0, 0.05) is 19.3 Å². The number of anilines is 1. The van der Waals surface area contributed by atoms with Crippen LogP contribution in [0.5, 0.6) is 5.75 Å². The number of nitrogens with one attached hydrogen (secondary N) is 2. The minimum absolute atomic E-state index is 0.0968. The molecule has 33 heavy (non-hydrogen) atoms. The minimum Gasteiger partial charge on any atom is -0.491 e. The summed E-state index contributed by atoms with van der Waals surface area (Å²) in [7, 11) is 1.62. The Morgan fingerprint density at radius 1 is 1.24 bits per heavy atom. The number of nitrogens with zero attached hydrogens (tertiary/aromatic N) is 3. The number of carbonyl (C=O) groups is 1. The molecule has 12 heteroatoms. The van der Waals surface area contributed by atoms with Crippen LogP contribution in [0.15, 0.2) is 29.3 Å². The fourth-order valence-corrected chi connectivity index (χ4v) is 3.30. The number of aliphatic imine (C=N–C) groups is 1. The van der Waals surface area contributed by atoms with E-state index in [0.29, 0.717) is 44.4 Å². The second-order valence-corrected chi connectivity index (χ2v) is 7.60. The van der Waals surface area contributed by atoms with Crippen LogP contribution in [0.25, 0.3) is 0 Å². The number of amides is 1. The number of nitrogens with two attached hydrogens (primary N) is 2. The summed E-state index contributed by atoms with van der Waals surface area (Å²) in [6, 6.07) is 7.20. The molecule has 2 rings (SSSR count). The molecule has 0 radical (unpaired) electrons. The van der Waals surface area contributed by atoms with Crippen LogP contribution in [0.2, 0.25) is 0 Å². The van der Waals surface area contributed by atoms with E-state index in [1.807, 2.05) is 19.1 Å². The Balaban J connectivity index is 2.15. The van der Waals surface area contributed by atoms with E-state index in [4.69, 9.17) is 48.1 Å². The minimum atomic E-state index is -1.18. The van der Waals surface area contributed by atoms with Gasteiger partial charge in [0.05, 0.1) is 19.8 Å². The Hall–Kier alpha value is -2.73. The van der Waals surface area contributed by atoms with Gasteiger partial charge in [0.25, 0.3) is 5.91 Å². The fraction of sp³-hybridized carbons (Fsp3) is 0.524. The van der Waals surface area contributed by atoms with Crippen molar-refractivity contribution >= 4 is 40.7 Å². The summed E-state index contributed by atoms with van der Waals surface area (Å²) in [5.74, 6) is -0.483. The standard InChI is InChI=1S/C21H32ClN7O4/c1-3-4-9-28(14-5-7-15(8-6-14)33-13-12-32-11-10-31-2)21(26)29-18(23)16(20(25)30)27-17(22)19(29)24/h5-8,17-18,24,26H,3-4,9-13,23H2,1-2H3,(H2,25,30). The number of guanidine groups is 1. The van der Waals surface area contributed by atoms with Crippen LogP contribution in [0.1, 0.15) is 19.8 Å². The molecule has 1 aromatic carbocycles. The number of benzene rings is 1. The van der Waals surface area contributed by atoms with Crippen molar-refractivity contribution in [2.45, 2.75) is 31.4 Å². The van der Waals surface area contributed by atoms with E-state index in [1.165, 1.54) is 4.90 Å². The SMILES string of the molecule is CCCCN(C(=N)N1C(=N)C(Cl)N=C(C(N)=O)C1N)c1ccc(OCCOCCOC)cc1. The van der Waals surface area contributed by atoms with Crippen LogP contribution in [0.4, 0.5) is 5.69 Å². The zero-order valence-electron chi connectivity index (χ0n) is 18.9. The maximum absolute atomic E-state index is 11.7. The predicted molar refractivity (Wildman–Crippen MR) is 128 cm³/mol. The van der Waals surface area contributed by atoms with Gasteiger partial charge in [-0.3, -0.25) is 25.5 Å². The average Bonchev–Trinajstić information content (AvgIpc) is 2.79. The second-order valence-electron chi connectivity index (χ2n) is 7.19. The molecule has 1 heterocycles. The van der Waals surface area contributed by atoms with E-state index < -0.39 is 17.6 Å². The normalized spacial score (nSPS) is 18.1. The van der Waals surface area contributed by atoms with Gasteiger partial charge >= 0.3 is 0 Å². The number of hydrogen-bond donors (Lipinski definition) is 4. The molecule has 2 unspecified atom stereocenters. The summed E-state index contributed by atoms with van der Waals surface area (Å²) < 4.78 is 16.0. The third-order valence-electron chi connectivity index (χ3n) is 4.84. The van der Waals surface area contributed by atoms with E-state index in [0.717, 1.165) is 12.8 Å². The molecule has 6 N–H and O–H groups in total. The molecule has 0 bridgehead atoms. The molecule has 1 aliphatic heterocycles. The molecule has 1 aliphatic rings. The van der Waals surface area contributed by atoms with Crippen LogP contribution in [0, 0.1) is 10.8 Å². The van der Waals surface area contributed by atoms with Gasteiger partial charge in [-0.05, 0) is 30.7 Å². The first kappa shape index (κ1) is 26.5. The molecule has 11 nitrogen and oxygen atoms in total. The van der Waals surface area contributed by atoms with Gasteiger partial charge in [-0.25, -0.2) is 0 Å². The number of carbonyl (C=O) groups excluding carboxylic acids is 1. The summed E-state index contributed by atoms with van der Waals surface area (Å²) in [6.45, 7) is 4.40. The number of primary amides is 1. The van der Waals surface area contributed by atoms with Crippen molar-refractivity contribution in [3.63, 3.8) is 0 Å². The molecule has 0 aromatic heterocycles. The third kappa shape index (κ3) is 7.13. The van der Waals surface area contributed by atoms with Gasteiger partial charge in [0.2, 0.25) is 5.96 Å². The van der Waals surface area contributed by atoms with Gasteiger partial charge in [0.1, 0.15) is 30.1 Å². The van der Waals surface area contributed by atoms with Crippen LogP contribution in [0.3, 0.4) is 0 Å². The van der Waals surface area contributed by atoms with Crippen molar-refractivity contribution < 1.29 is 19.0 Å². The highest BCUT2D eigenvalue weighted by molar-refractivity contribution is 6.45. The molecule has 0 fully saturated rings. The summed E-state index contributed by atoms with van der Waals surface area (Å²) in [4.78, 5) is 18.5. The van der Waals surface area contributed by atoms with Crippen molar-refractivity contribution in [3.8, 4) is 5.75 Å². The largest absolute Gasteiger partial charge is 0.491 e. The molecule has 0 saturated heterocycles. The van der Waals surface area contributed by atoms with E-state index in [9.17, 15) is 4.79 Å². The van der Waals surface area contributed by atoms with Crippen LogP contribution in [-0.4, -0.2) is 80.1 Å². The lowest BCUT2D eigenvalue weighted by Gasteiger charge is -2.39. The number of unbranched alkanes of at least 4 members (excludes halogenated alkanes) is 1. The molecule has 2 atom stereocenters. The molecule has 1 aromatic rings. The summed E-state index contributed by atoms with van der Waals surface area (Å²) in [5, 5.41) is 17.1. The third-order valence-corrected chi connectivity index (χ3v) is 5.15. The zero-order chi connectivity index (χ0) is 24.4. The fourth-order valence-electron chi connectivity index (χ4n) is 3.09. The molecule has 1 amide bonds. The Morgan fingerprint density at radius 3 is 2.52 bits per heavy atom. The molecule has 0 aliphatic carbocycles. The van der Waals surface area contributed by atoms with Crippen LogP contribution in [-0.2, 0) is 14.3 Å². The van der Waals surface area contributed by atoms with Crippen molar-refractivity contribution in [2.75, 3.05) is 45.0 Å². The molecular weight excluding hydrogens is 450 g/mol. The predicted octanol–water partition coefficient (Wildman–Crippen LogP) is 1.34. The van der Waals surface area contributed by atoms with Crippen molar-refractivity contribution in [1.82, 2.24) is 4.90 Å². The van der Waals surface area contributed by atoms with Gasteiger partial charge in [0.15, 0.2) is 5.50 Å². The lowest BCUT2D eigenvalue weighted by atomic mass is 10.2. The Bertz CT molecular complexity index is 850.